The maximum atomic E-state index is 5.55. The highest BCUT2D eigenvalue weighted by atomic mass is 16.5. The van der Waals surface area contributed by atoms with Crippen LogP contribution in [0, 0.1) is 11.8 Å². The third-order valence-electron chi connectivity index (χ3n) is 2.24. The van der Waals surface area contributed by atoms with E-state index in [0.717, 1.165) is 23.6 Å². The molecule has 18 heavy (non-hydrogen) atoms. The Morgan fingerprint density at radius 1 is 1.06 bits per heavy atom. The summed E-state index contributed by atoms with van der Waals surface area (Å²) < 4.78 is 11.1. The maximum Gasteiger partial charge on any atom is 0.162 e. The van der Waals surface area contributed by atoms with E-state index >= 15 is 0 Å². The Morgan fingerprint density at radius 2 is 1.78 bits per heavy atom. The lowest BCUT2D eigenvalue weighted by atomic mass is 10.2. The van der Waals surface area contributed by atoms with Crippen molar-refractivity contribution in [2.75, 3.05) is 26.3 Å². The molecule has 0 bridgehead atoms. The normalized spacial score (nSPS) is 9.50. The Morgan fingerprint density at radius 3 is 2.44 bits per heavy atom. The van der Waals surface area contributed by atoms with E-state index in [1.165, 1.54) is 0 Å². The summed E-state index contributed by atoms with van der Waals surface area (Å²) in [6, 6.07) is 5.78. The first-order valence-corrected chi connectivity index (χ1v) is 6.41. The Bertz CT molecular complexity index is 418. The van der Waals surface area contributed by atoms with E-state index in [-0.39, 0.29) is 0 Å². The Labute approximate surface area is 109 Å². The van der Waals surface area contributed by atoms with Crippen LogP contribution in [0.3, 0.4) is 0 Å². The molecule has 0 radical (unpaired) electrons. The fourth-order valence-corrected chi connectivity index (χ4v) is 1.46. The number of benzene rings is 1. The van der Waals surface area contributed by atoms with Crippen LogP contribution in [-0.4, -0.2) is 26.3 Å². The molecule has 1 aromatic carbocycles. The summed E-state index contributed by atoms with van der Waals surface area (Å²) in [6.45, 7) is 8.86. The molecule has 0 aromatic heterocycles. The van der Waals surface area contributed by atoms with Crippen LogP contribution in [0.1, 0.15) is 26.3 Å². The summed E-state index contributed by atoms with van der Waals surface area (Å²) in [5, 5.41) is 3.16. The summed E-state index contributed by atoms with van der Waals surface area (Å²) in [5.74, 6) is 7.70. The van der Waals surface area contributed by atoms with E-state index in [4.69, 9.17) is 9.47 Å². The van der Waals surface area contributed by atoms with Gasteiger partial charge in [-0.05, 0) is 38.6 Å². The SMILES string of the molecule is CCNCC#Cc1ccc(OCC)c(OCC)c1. The monoisotopic (exact) mass is 247 g/mol. The summed E-state index contributed by atoms with van der Waals surface area (Å²) >= 11 is 0. The number of nitrogens with one attached hydrogen (secondary N) is 1. The van der Waals surface area contributed by atoms with Crippen molar-refractivity contribution in [2.45, 2.75) is 20.8 Å². The van der Waals surface area contributed by atoms with Crippen molar-refractivity contribution < 1.29 is 9.47 Å². The van der Waals surface area contributed by atoms with Gasteiger partial charge in [0.25, 0.3) is 0 Å². The minimum absolute atomic E-state index is 0.619. The second-order valence-corrected chi connectivity index (χ2v) is 3.61. The van der Waals surface area contributed by atoms with Gasteiger partial charge in [0, 0.05) is 5.56 Å². The minimum Gasteiger partial charge on any atom is -0.490 e. The molecule has 0 unspecified atom stereocenters. The van der Waals surface area contributed by atoms with E-state index in [1.54, 1.807) is 0 Å². The van der Waals surface area contributed by atoms with Crippen LogP contribution in [-0.2, 0) is 0 Å². The van der Waals surface area contributed by atoms with E-state index < -0.39 is 0 Å². The van der Waals surface area contributed by atoms with Gasteiger partial charge in [-0.3, -0.25) is 0 Å². The molecule has 1 aromatic rings. The first-order valence-electron chi connectivity index (χ1n) is 6.41. The second-order valence-electron chi connectivity index (χ2n) is 3.61. The average Bonchev–Trinajstić information content (AvgIpc) is 2.38. The molecule has 1 N–H and O–H groups in total. The van der Waals surface area contributed by atoms with Crippen molar-refractivity contribution in [1.29, 1.82) is 0 Å². The average molecular weight is 247 g/mol. The quantitative estimate of drug-likeness (QED) is 0.618. The van der Waals surface area contributed by atoms with Gasteiger partial charge in [-0.15, -0.1) is 0 Å². The van der Waals surface area contributed by atoms with Crippen molar-refractivity contribution in [1.82, 2.24) is 5.32 Å². The fraction of sp³-hybridized carbons (Fsp3) is 0.467. The summed E-state index contributed by atoms with van der Waals surface area (Å²) in [7, 11) is 0. The number of rotatable bonds is 6. The van der Waals surface area contributed by atoms with Crippen molar-refractivity contribution in [3.05, 3.63) is 23.8 Å². The van der Waals surface area contributed by atoms with Gasteiger partial charge in [-0.25, -0.2) is 0 Å². The molecule has 0 spiro atoms. The van der Waals surface area contributed by atoms with Gasteiger partial charge in [0.15, 0.2) is 11.5 Å². The number of hydrogen-bond donors (Lipinski definition) is 1. The van der Waals surface area contributed by atoms with Crippen LogP contribution >= 0.6 is 0 Å². The third kappa shape index (κ3) is 4.68. The van der Waals surface area contributed by atoms with E-state index in [1.807, 2.05) is 32.0 Å². The fourth-order valence-electron chi connectivity index (χ4n) is 1.46. The Balaban J connectivity index is 2.80. The topological polar surface area (TPSA) is 30.5 Å². The first-order chi connectivity index (χ1) is 8.81. The Kier molecular flexibility index (Phi) is 6.75. The van der Waals surface area contributed by atoms with Gasteiger partial charge >= 0.3 is 0 Å². The molecule has 0 aliphatic rings. The largest absolute Gasteiger partial charge is 0.490 e. The van der Waals surface area contributed by atoms with Gasteiger partial charge in [0.1, 0.15) is 0 Å². The zero-order valence-corrected chi connectivity index (χ0v) is 11.4. The lowest BCUT2D eigenvalue weighted by Crippen LogP contribution is -2.11. The van der Waals surface area contributed by atoms with Gasteiger partial charge in [0.05, 0.1) is 19.8 Å². The molecule has 0 atom stereocenters. The highest BCUT2D eigenvalue weighted by Gasteiger charge is 2.04. The smallest absolute Gasteiger partial charge is 0.162 e. The van der Waals surface area contributed by atoms with Crippen molar-refractivity contribution >= 4 is 0 Å². The highest BCUT2D eigenvalue weighted by molar-refractivity contribution is 5.48. The Hall–Kier alpha value is -1.66. The van der Waals surface area contributed by atoms with Crippen LogP contribution in [0.2, 0.25) is 0 Å². The van der Waals surface area contributed by atoms with Crippen LogP contribution in [0.25, 0.3) is 0 Å². The highest BCUT2D eigenvalue weighted by Crippen LogP contribution is 2.28. The van der Waals surface area contributed by atoms with Gasteiger partial charge < -0.3 is 14.8 Å². The number of ether oxygens (including phenoxy) is 2. The molecule has 0 amide bonds. The molecular formula is C15H21NO2. The minimum atomic E-state index is 0.619. The molecule has 0 saturated carbocycles. The van der Waals surface area contributed by atoms with Crippen LogP contribution in [0.15, 0.2) is 18.2 Å². The molecule has 0 aliphatic carbocycles. The zero-order valence-electron chi connectivity index (χ0n) is 11.4. The number of hydrogen-bond acceptors (Lipinski definition) is 3. The van der Waals surface area contributed by atoms with Crippen LogP contribution in [0.5, 0.6) is 11.5 Å². The van der Waals surface area contributed by atoms with Crippen molar-refractivity contribution in [2.24, 2.45) is 0 Å². The molecule has 0 heterocycles. The summed E-state index contributed by atoms with van der Waals surface area (Å²) in [4.78, 5) is 0. The predicted octanol–water partition coefficient (Wildman–Crippen LogP) is 2.45. The molecule has 3 heteroatoms. The molecule has 3 nitrogen and oxygen atoms in total. The predicted molar refractivity (Wildman–Crippen MR) is 74.2 cm³/mol. The van der Waals surface area contributed by atoms with Crippen molar-refractivity contribution in [3.63, 3.8) is 0 Å². The second kappa shape index (κ2) is 8.43. The molecule has 0 aliphatic heterocycles. The lowest BCUT2D eigenvalue weighted by Gasteiger charge is -2.10. The zero-order chi connectivity index (χ0) is 13.2. The van der Waals surface area contributed by atoms with Crippen molar-refractivity contribution in [3.8, 4) is 23.3 Å². The summed E-state index contributed by atoms with van der Waals surface area (Å²) in [6.07, 6.45) is 0. The lowest BCUT2D eigenvalue weighted by molar-refractivity contribution is 0.287. The van der Waals surface area contributed by atoms with Gasteiger partial charge in [-0.2, -0.15) is 0 Å². The van der Waals surface area contributed by atoms with Gasteiger partial charge in [-0.1, -0.05) is 18.8 Å². The molecule has 98 valence electrons. The molecule has 0 fully saturated rings. The first kappa shape index (κ1) is 14.4. The molecule has 0 saturated heterocycles. The van der Waals surface area contributed by atoms with E-state index in [2.05, 4.69) is 24.1 Å². The van der Waals surface area contributed by atoms with Gasteiger partial charge in [0.2, 0.25) is 0 Å². The van der Waals surface area contributed by atoms with E-state index in [0.29, 0.717) is 19.8 Å². The third-order valence-corrected chi connectivity index (χ3v) is 2.24. The molecule has 1 rings (SSSR count). The van der Waals surface area contributed by atoms with E-state index in [9.17, 15) is 0 Å². The standard InChI is InChI=1S/C15H21NO2/c1-4-16-11-7-8-13-9-10-14(17-5-2)15(12-13)18-6-3/h9-10,12,16H,4-6,11H2,1-3H3. The summed E-state index contributed by atoms with van der Waals surface area (Å²) in [5.41, 5.74) is 0.944. The molecular weight excluding hydrogens is 226 g/mol. The maximum absolute atomic E-state index is 5.55. The van der Waals surface area contributed by atoms with Crippen LogP contribution in [0.4, 0.5) is 0 Å². The van der Waals surface area contributed by atoms with Crippen LogP contribution < -0.4 is 14.8 Å².